The Labute approximate surface area is 99.0 Å². The first kappa shape index (κ1) is 14.0. The molecule has 0 amide bonds. The summed E-state index contributed by atoms with van der Waals surface area (Å²) in [6.45, 7) is 1.98. The maximum absolute atomic E-state index is 12.0. The largest absolute Gasteiger partial charge is 0.389 e. The number of rotatable bonds is 5. The molecule has 0 aromatic carbocycles. The number of nitrogens with two attached hydrogens (primary N) is 1. The van der Waals surface area contributed by atoms with Crippen LogP contribution in [0.15, 0.2) is 18.5 Å². The molecule has 0 aliphatic rings. The summed E-state index contributed by atoms with van der Waals surface area (Å²) >= 11 is 0. The number of nitrogens with zero attached hydrogens (tertiary/aromatic N) is 1. The van der Waals surface area contributed by atoms with E-state index in [1.807, 2.05) is 6.92 Å². The van der Waals surface area contributed by atoms with E-state index < -0.39 is 12.6 Å². The van der Waals surface area contributed by atoms with Crippen molar-refractivity contribution in [3.63, 3.8) is 0 Å². The highest BCUT2D eigenvalue weighted by Crippen LogP contribution is 2.26. The molecule has 0 aliphatic carbocycles. The van der Waals surface area contributed by atoms with Crippen LogP contribution in [0, 0.1) is 0 Å². The van der Waals surface area contributed by atoms with Crippen LogP contribution in [0.2, 0.25) is 0 Å². The predicted octanol–water partition coefficient (Wildman–Crippen LogP) is 3.38. The smallest absolute Gasteiger partial charge is 0.324 e. The van der Waals surface area contributed by atoms with Crippen LogP contribution in [0.4, 0.5) is 13.2 Å². The highest BCUT2D eigenvalue weighted by molar-refractivity contribution is 5.26. The Morgan fingerprint density at radius 1 is 1.41 bits per heavy atom. The second-order valence-electron chi connectivity index (χ2n) is 4.04. The van der Waals surface area contributed by atoms with E-state index in [0.29, 0.717) is 6.42 Å². The van der Waals surface area contributed by atoms with Crippen molar-refractivity contribution in [3.8, 4) is 0 Å². The third-order valence-corrected chi connectivity index (χ3v) is 2.70. The number of halogens is 3. The first-order valence-corrected chi connectivity index (χ1v) is 5.69. The Hall–Kier alpha value is -1.10. The molecule has 0 spiro atoms. The molecule has 0 bridgehead atoms. The van der Waals surface area contributed by atoms with Crippen LogP contribution in [-0.4, -0.2) is 11.2 Å². The van der Waals surface area contributed by atoms with Gasteiger partial charge in [0.25, 0.3) is 0 Å². The Balaban J connectivity index is 2.55. The zero-order valence-corrected chi connectivity index (χ0v) is 9.80. The lowest BCUT2D eigenvalue weighted by Gasteiger charge is -2.15. The number of aromatic nitrogens is 1. The molecule has 0 aliphatic heterocycles. The quantitative estimate of drug-likeness (QED) is 0.865. The van der Waals surface area contributed by atoms with Crippen LogP contribution in [-0.2, 0) is 6.42 Å². The summed E-state index contributed by atoms with van der Waals surface area (Å²) in [7, 11) is 0. The van der Waals surface area contributed by atoms with Crippen LogP contribution in [0.1, 0.15) is 43.4 Å². The average molecular weight is 246 g/mol. The highest BCUT2D eigenvalue weighted by Gasteiger charge is 2.26. The van der Waals surface area contributed by atoms with Gasteiger partial charge in [-0.3, -0.25) is 4.98 Å². The van der Waals surface area contributed by atoms with Gasteiger partial charge in [-0.1, -0.05) is 6.92 Å². The van der Waals surface area contributed by atoms with Crippen molar-refractivity contribution in [1.29, 1.82) is 0 Å². The van der Waals surface area contributed by atoms with Gasteiger partial charge in [-0.15, -0.1) is 0 Å². The van der Waals surface area contributed by atoms with Gasteiger partial charge in [0.05, 0.1) is 0 Å². The Morgan fingerprint density at radius 2 is 2.12 bits per heavy atom. The normalized spacial score (nSPS) is 13.7. The van der Waals surface area contributed by atoms with Crippen molar-refractivity contribution in [3.05, 3.63) is 29.6 Å². The molecule has 1 unspecified atom stereocenters. The fourth-order valence-electron chi connectivity index (χ4n) is 1.77. The Morgan fingerprint density at radius 3 is 2.71 bits per heavy atom. The number of aryl methyl sites for hydroxylation is 1. The summed E-state index contributed by atoms with van der Waals surface area (Å²) < 4.78 is 36.0. The molecule has 2 N–H and O–H groups in total. The molecule has 5 heteroatoms. The summed E-state index contributed by atoms with van der Waals surface area (Å²) in [5.41, 5.74) is 7.82. The minimum absolute atomic E-state index is 0.0656. The van der Waals surface area contributed by atoms with Crippen molar-refractivity contribution >= 4 is 0 Å². The van der Waals surface area contributed by atoms with Gasteiger partial charge in [-0.25, -0.2) is 0 Å². The van der Waals surface area contributed by atoms with Crippen molar-refractivity contribution in [2.24, 2.45) is 5.73 Å². The zero-order chi connectivity index (χ0) is 12.9. The molecule has 1 heterocycles. The van der Waals surface area contributed by atoms with Gasteiger partial charge in [-0.2, -0.15) is 13.2 Å². The predicted molar refractivity (Wildman–Crippen MR) is 60.4 cm³/mol. The van der Waals surface area contributed by atoms with Crippen LogP contribution < -0.4 is 5.73 Å². The summed E-state index contributed by atoms with van der Waals surface area (Å²) in [4.78, 5) is 3.98. The third kappa shape index (κ3) is 4.73. The Kier molecular flexibility index (Phi) is 4.93. The molecule has 1 aromatic heterocycles. The molecule has 0 radical (unpaired) electrons. The lowest BCUT2D eigenvalue weighted by Crippen LogP contribution is -2.14. The van der Waals surface area contributed by atoms with E-state index in [9.17, 15) is 13.2 Å². The van der Waals surface area contributed by atoms with Gasteiger partial charge in [0.15, 0.2) is 0 Å². The molecule has 0 saturated heterocycles. The van der Waals surface area contributed by atoms with Crippen LogP contribution in [0.25, 0.3) is 0 Å². The molecule has 0 saturated carbocycles. The van der Waals surface area contributed by atoms with Crippen molar-refractivity contribution in [1.82, 2.24) is 4.98 Å². The second kappa shape index (κ2) is 6.00. The number of alkyl halides is 3. The van der Waals surface area contributed by atoms with Gasteiger partial charge in [-0.05, 0) is 36.5 Å². The van der Waals surface area contributed by atoms with Crippen LogP contribution in [0.5, 0.6) is 0 Å². The Bertz CT molecular complexity index is 350. The summed E-state index contributed by atoms with van der Waals surface area (Å²) in [5, 5.41) is 0. The fraction of sp³-hybridized carbons (Fsp3) is 0.583. The van der Waals surface area contributed by atoms with Crippen LogP contribution >= 0.6 is 0 Å². The van der Waals surface area contributed by atoms with E-state index in [-0.39, 0.29) is 12.5 Å². The SMILES string of the molecule is CCc1cnccc1C(N)CCCC(F)(F)F. The number of hydrogen-bond donors (Lipinski definition) is 1. The lowest BCUT2D eigenvalue weighted by molar-refractivity contribution is -0.135. The van der Waals surface area contributed by atoms with E-state index in [4.69, 9.17) is 5.73 Å². The number of hydrogen-bond acceptors (Lipinski definition) is 2. The second-order valence-corrected chi connectivity index (χ2v) is 4.04. The minimum atomic E-state index is -4.09. The highest BCUT2D eigenvalue weighted by atomic mass is 19.4. The van der Waals surface area contributed by atoms with E-state index in [1.165, 1.54) is 0 Å². The molecule has 2 nitrogen and oxygen atoms in total. The molecular weight excluding hydrogens is 229 g/mol. The first-order chi connectivity index (χ1) is 7.94. The monoisotopic (exact) mass is 246 g/mol. The average Bonchev–Trinajstić information content (AvgIpc) is 2.27. The van der Waals surface area contributed by atoms with E-state index in [2.05, 4.69) is 4.98 Å². The molecule has 17 heavy (non-hydrogen) atoms. The van der Waals surface area contributed by atoms with Gasteiger partial charge in [0.2, 0.25) is 0 Å². The summed E-state index contributed by atoms with van der Waals surface area (Å²) in [5.74, 6) is 0. The molecule has 96 valence electrons. The van der Waals surface area contributed by atoms with E-state index >= 15 is 0 Å². The molecule has 1 atom stereocenters. The van der Waals surface area contributed by atoms with Gasteiger partial charge in [0.1, 0.15) is 0 Å². The maximum Gasteiger partial charge on any atom is 0.389 e. The van der Waals surface area contributed by atoms with Gasteiger partial charge >= 0.3 is 6.18 Å². The standard InChI is InChI=1S/C12H17F3N2/c1-2-9-8-17-7-5-10(9)11(16)4-3-6-12(13,14)15/h5,7-8,11H,2-4,6,16H2,1H3. The van der Waals surface area contributed by atoms with E-state index in [1.54, 1.807) is 18.5 Å². The summed E-state index contributed by atoms with van der Waals surface area (Å²) in [6.07, 6.45) is -0.321. The van der Waals surface area contributed by atoms with Crippen LogP contribution in [0.3, 0.4) is 0 Å². The number of pyridine rings is 1. The molecular formula is C12H17F3N2. The van der Waals surface area contributed by atoms with Crippen molar-refractivity contribution < 1.29 is 13.2 Å². The molecule has 0 fully saturated rings. The fourth-order valence-corrected chi connectivity index (χ4v) is 1.77. The topological polar surface area (TPSA) is 38.9 Å². The third-order valence-electron chi connectivity index (χ3n) is 2.70. The van der Waals surface area contributed by atoms with E-state index in [0.717, 1.165) is 17.5 Å². The zero-order valence-electron chi connectivity index (χ0n) is 9.80. The summed E-state index contributed by atoms with van der Waals surface area (Å²) in [6, 6.07) is 1.45. The molecule has 1 aromatic rings. The van der Waals surface area contributed by atoms with Gasteiger partial charge in [0, 0.05) is 24.9 Å². The van der Waals surface area contributed by atoms with Crippen molar-refractivity contribution in [2.75, 3.05) is 0 Å². The lowest BCUT2D eigenvalue weighted by atomic mass is 9.97. The minimum Gasteiger partial charge on any atom is -0.324 e. The van der Waals surface area contributed by atoms with Crippen molar-refractivity contribution in [2.45, 2.75) is 44.8 Å². The molecule has 1 rings (SSSR count). The maximum atomic E-state index is 12.0. The first-order valence-electron chi connectivity index (χ1n) is 5.69. The van der Waals surface area contributed by atoms with Gasteiger partial charge < -0.3 is 5.73 Å².